The Morgan fingerprint density at radius 2 is 1.80 bits per heavy atom. The van der Waals surface area contributed by atoms with Gasteiger partial charge in [-0.1, -0.05) is 35.9 Å². The molecule has 0 unspecified atom stereocenters. The van der Waals surface area contributed by atoms with E-state index in [1.54, 1.807) is 61.8 Å². The number of halogens is 2. The van der Waals surface area contributed by atoms with Gasteiger partial charge in [-0.15, -0.1) is 11.3 Å². The number of carboxylic acids is 1. The van der Waals surface area contributed by atoms with E-state index in [1.165, 1.54) is 40.4 Å². The zero-order chi connectivity index (χ0) is 44.5. The number of nitrogens with zero attached hydrogens (tertiary/aromatic N) is 7. The van der Waals surface area contributed by atoms with Crippen LogP contribution >= 0.6 is 22.9 Å². The van der Waals surface area contributed by atoms with E-state index in [2.05, 4.69) is 36.8 Å². The van der Waals surface area contributed by atoms with Gasteiger partial charge in [0, 0.05) is 74.5 Å². The number of rotatable bonds is 8. The summed E-state index contributed by atoms with van der Waals surface area (Å²) in [6.45, 7) is 6.15. The summed E-state index contributed by atoms with van der Waals surface area (Å²) in [5, 5.41) is 11.7. The minimum absolute atomic E-state index is 0.00265. The molecule has 0 radical (unpaired) electrons. The van der Waals surface area contributed by atoms with Gasteiger partial charge in [0.15, 0.2) is 5.82 Å². The van der Waals surface area contributed by atoms with Crippen LogP contribution in [0.15, 0.2) is 96.2 Å². The molecule has 10 rings (SSSR count). The minimum atomic E-state index is -1.46. The number of pyridine rings is 1. The van der Waals surface area contributed by atoms with Crippen molar-refractivity contribution in [3.63, 3.8) is 0 Å². The molecule has 1 saturated heterocycles. The fourth-order valence-corrected chi connectivity index (χ4v) is 9.25. The van der Waals surface area contributed by atoms with Crippen LogP contribution < -0.4 is 24.5 Å². The maximum absolute atomic E-state index is 14.3. The molecule has 4 aromatic heterocycles. The normalized spacial score (nSPS) is 17.0. The smallest absolute Gasteiger partial charge is 0.345 e. The van der Waals surface area contributed by atoms with Crippen LogP contribution in [0.1, 0.15) is 16.8 Å². The Bertz CT molecular complexity index is 2920. The first-order valence-electron chi connectivity index (χ1n) is 20.7. The lowest BCUT2D eigenvalue weighted by Crippen LogP contribution is -2.49. The van der Waals surface area contributed by atoms with Crippen molar-refractivity contribution in [1.29, 1.82) is 0 Å². The predicted molar refractivity (Wildman–Crippen MR) is 241 cm³/mol. The number of carboxylic acid groups (broad SMARTS) is 1. The Hall–Kier alpha value is -6.46. The first-order chi connectivity index (χ1) is 31.0. The number of hydrogen-bond acceptors (Lipinski definition) is 13. The molecule has 3 aliphatic rings. The van der Waals surface area contributed by atoms with E-state index in [0.717, 1.165) is 36.6 Å². The van der Waals surface area contributed by atoms with Crippen LogP contribution in [0.3, 0.4) is 0 Å². The number of thiophene rings is 1. The highest BCUT2D eigenvalue weighted by Crippen LogP contribution is 2.49. The van der Waals surface area contributed by atoms with Gasteiger partial charge in [0.25, 0.3) is 5.56 Å². The summed E-state index contributed by atoms with van der Waals surface area (Å²) in [7, 11) is 3.76. The second-order valence-electron chi connectivity index (χ2n) is 15.8. The topological polar surface area (TPSA) is 154 Å². The van der Waals surface area contributed by atoms with Crippen LogP contribution in [-0.2, 0) is 24.9 Å². The van der Waals surface area contributed by atoms with E-state index in [-0.39, 0.29) is 36.9 Å². The fraction of sp³-hybridized carbons (Fsp3) is 0.277. The van der Waals surface area contributed by atoms with Crippen molar-refractivity contribution >= 4 is 39.1 Å². The van der Waals surface area contributed by atoms with E-state index in [9.17, 15) is 19.1 Å². The molecular weight excluding hydrogens is 861 g/mol. The van der Waals surface area contributed by atoms with Crippen molar-refractivity contribution in [1.82, 2.24) is 34.3 Å². The molecule has 0 aliphatic carbocycles. The van der Waals surface area contributed by atoms with Crippen molar-refractivity contribution < 1.29 is 33.2 Å². The van der Waals surface area contributed by atoms with E-state index in [4.69, 9.17) is 30.5 Å². The third kappa shape index (κ3) is 8.99. The van der Waals surface area contributed by atoms with Crippen molar-refractivity contribution in [2.24, 2.45) is 7.05 Å². The quantitative estimate of drug-likeness (QED) is 0.162. The maximum Gasteiger partial charge on any atom is 0.345 e. The standard InChI is InChI=1S/C47H43ClFN7O7S/c1-27-34-12-14-37(42(27)48)62-33(23-56-19-17-54(2)18-20-56)25-60-32-11-13-36(61-24-31-15-16-50-44(53-31)35-5-4-6-39(57)55(35)3)29(21-32)22-38(47(58)59)63-45-41-40(34)43(64-46(41)52-26-51-45)28-7-9-30(49)10-8-28/h4-16,21,26,33,38H,17-20,22-25H2,1-3H3,(H,58,59)/t33-,38-/m1/s1. The molecule has 7 aromatic rings. The van der Waals surface area contributed by atoms with E-state index >= 15 is 0 Å². The lowest BCUT2D eigenvalue weighted by molar-refractivity contribution is -0.145. The Morgan fingerprint density at radius 1 is 0.984 bits per heavy atom. The van der Waals surface area contributed by atoms with Crippen LogP contribution in [0.5, 0.6) is 23.1 Å². The first kappa shape index (κ1) is 42.8. The molecule has 17 heteroatoms. The second kappa shape index (κ2) is 18.3. The number of benzene rings is 3. The lowest BCUT2D eigenvalue weighted by Gasteiger charge is -2.34. The molecule has 7 heterocycles. The number of ether oxygens (including phenoxy) is 4. The van der Waals surface area contributed by atoms with Crippen LogP contribution in [-0.4, -0.2) is 104 Å². The van der Waals surface area contributed by atoms with Gasteiger partial charge in [0.1, 0.15) is 53.5 Å². The molecular formula is C47H43ClFN7O7S. The zero-order valence-corrected chi connectivity index (χ0v) is 36.7. The SMILES string of the molecule is Cc1c2ccc(c1Cl)O[C@H](CN1CCN(C)CC1)COc1ccc(OCc3ccnc(-c4cccc(=O)n4C)n3)c(c1)C[C@H](C(=O)O)Oc1ncnc3sc(-c4ccc(F)cc4)c-2c13. The van der Waals surface area contributed by atoms with Crippen molar-refractivity contribution in [2.45, 2.75) is 32.2 Å². The number of piperazine rings is 1. The average Bonchev–Trinajstić information content (AvgIpc) is 3.68. The van der Waals surface area contributed by atoms with Crippen LogP contribution in [0.25, 0.3) is 43.3 Å². The van der Waals surface area contributed by atoms with Gasteiger partial charge in [-0.2, -0.15) is 0 Å². The number of likely N-dealkylation sites (N-methyl/N-ethyl adjacent to an activating group) is 1. The number of carbonyl (C=O) groups is 1. The third-order valence-electron chi connectivity index (χ3n) is 11.4. The zero-order valence-electron chi connectivity index (χ0n) is 35.2. The van der Waals surface area contributed by atoms with E-state index < -0.39 is 18.2 Å². The van der Waals surface area contributed by atoms with Gasteiger partial charge in [0.05, 0.1) is 21.8 Å². The molecule has 2 atom stereocenters. The van der Waals surface area contributed by atoms with Crippen LogP contribution in [0, 0.1) is 12.7 Å². The number of hydrogen-bond donors (Lipinski definition) is 1. The molecule has 4 bridgehead atoms. The number of aliphatic carboxylic acids is 1. The Balaban J connectivity index is 1.14. The van der Waals surface area contributed by atoms with Gasteiger partial charge in [-0.3, -0.25) is 9.69 Å². The Labute approximate surface area is 376 Å². The highest BCUT2D eigenvalue weighted by molar-refractivity contribution is 7.22. The molecule has 0 saturated carbocycles. The summed E-state index contributed by atoms with van der Waals surface area (Å²) < 4.78 is 41.7. The molecule has 64 heavy (non-hydrogen) atoms. The molecule has 3 aromatic carbocycles. The molecule has 1 N–H and O–H groups in total. The summed E-state index contributed by atoms with van der Waals surface area (Å²) in [6, 6.07) is 21.7. The highest BCUT2D eigenvalue weighted by Gasteiger charge is 2.30. The fourth-order valence-electron chi connectivity index (χ4n) is 7.89. The monoisotopic (exact) mass is 903 g/mol. The molecule has 0 amide bonds. The van der Waals surface area contributed by atoms with Gasteiger partial charge in [-0.05, 0) is 79.2 Å². The van der Waals surface area contributed by atoms with Gasteiger partial charge in [-0.25, -0.2) is 29.1 Å². The van der Waals surface area contributed by atoms with Crippen molar-refractivity contribution in [2.75, 3.05) is 46.4 Å². The largest absolute Gasteiger partial charge is 0.490 e. The molecule has 1 fully saturated rings. The summed E-state index contributed by atoms with van der Waals surface area (Å²) in [4.78, 5) is 49.6. The molecule has 3 aliphatic heterocycles. The number of fused-ring (bicyclic) bond motifs is 7. The summed E-state index contributed by atoms with van der Waals surface area (Å²) >= 11 is 8.57. The molecule has 0 spiro atoms. The van der Waals surface area contributed by atoms with Crippen LogP contribution in [0.2, 0.25) is 5.02 Å². The summed E-state index contributed by atoms with van der Waals surface area (Å²) in [6.07, 6.45) is 0.854. The van der Waals surface area contributed by atoms with Gasteiger partial charge < -0.3 is 33.5 Å². The number of aromatic nitrogens is 5. The minimum Gasteiger partial charge on any atom is -0.490 e. The first-order valence-corrected chi connectivity index (χ1v) is 21.8. The van der Waals surface area contributed by atoms with Crippen LogP contribution in [0.4, 0.5) is 4.39 Å². The van der Waals surface area contributed by atoms with Gasteiger partial charge >= 0.3 is 5.97 Å². The Kier molecular flexibility index (Phi) is 12.3. The third-order valence-corrected chi connectivity index (χ3v) is 13.1. The molecule has 328 valence electrons. The van der Waals surface area contributed by atoms with Gasteiger partial charge in [0.2, 0.25) is 12.0 Å². The predicted octanol–water partition coefficient (Wildman–Crippen LogP) is 7.32. The van der Waals surface area contributed by atoms with E-state index in [0.29, 0.717) is 78.5 Å². The second-order valence-corrected chi connectivity index (χ2v) is 17.1. The molecule has 14 nitrogen and oxygen atoms in total. The summed E-state index contributed by atoms with van der Waals surface area (Å²) in [5.74, 6) is 0.0767. The lowest BCUT2D eigenvalue weighted by atomic mass is 9.96. The summed E-state index contributed by atoms with van der Waals surface area (Å²) in [5.41, 5.74) is 4.15. The maximum atomic E-state index is 14.3. The highest BCUT2D eigenvalue weighted by atomic mass is 35.5. The van der Waals surface area contributed by atoms with E-state index in [1.807, 2.05) is 19.1 Å². The van der Waals surface area contributed by atoms with Crippen molar-refractivity contribution in [3.05, 3.63) is 129 Å². The Morgan fingerprint density at radius 3 is 2.59 bits per heavy atom. The van der Waals surface area contributed by atoms with Crippen molar-refractivity contribution in [3.8, 4) is 56.2 Å². The average molecular weight is 904 g/mol.